The van der Waals surface area contributed by atoms with E-state index in [1.54, 1.807) is 12.4 Å². The van der Waals surface area contributed by atoms with E-state index in [-0.39, 0.29) is 0 Å². The Balaban J connectivity index is 2.13. The van der Waals surface area contributed by atoms with Crippen LogP contribution >= 0.6 is 0 Å². The number of rotatable bonds is 1. The van der Waals surface area contributed by atoms with Gasteiger partial charge in [0, 0.05) is 25.5 Å². The molecule has 0 radical (unpaired) electrons. The normalized spacial score (nSPS) is 15.9. The van der Waals surface area contributed by atoms with Crippen molar-refractivity contribution >= 4 is 17.1 Å². The maximum Gasteiger partial charge on any atom is 0.227 e. The minimum absolute atomic E-state index is 0.692. The quantitative estimate of drug-likeness (QED) is 0.718. The number of hydrogen-bond acceptors (Lipinski definition) is 5. The Morgan fingerprint density at radius 2 is 1.81 bits per heavy atom. The Kier molecular flexibility index (Phi) is 2.16. The third kappa shape index (κ3) is 1.48. The van der Waals surface area contributed by atoms with Gasteiger partial charge in [0.25, 0.3) is 0 Å². The van der Waals surface area contributed by atoms with Gasteiger partial charge in [-0.05, 0) is 19.8 Å². The van der Waals surface area contributed by atoms with Gasteiger partial charge < -0.3 is 4.90 Å². The van der Waals surface area contributed by atoms with E-state index >= 15 is 0 Å². The smallest absolute Gasteiger partial charge is 0.227 e. The van der Waals surface area contributed by atoms with Gasteiger partial charge in [-0.1, -0.05) is 0 Å². The molecule has 3 rings (SSSR count). The molecule has 2 aromatic heterocycles. The fraction of sp³-hybridized carbons (Fsp3) is 0.455. The summed E-state index contributed by atoms with van der Waals surface area (Å²) in [5, 5.41) is 0. The van der Waals surface area contributed by atoms with Crippen molar-refractivity contribution in [2.24, 2.45) is 0 Å². The lowest BCUT2D eigenvalue weighted by molar-refractivity contribution is 0.894. The molecule has 0 spiro atoms. The highest BCUT2D eigenvalue weighted by atomic mass is 15.3. The summed E-state index contributed by atoms with van der Waals surface area (Å²) in [7, 11) is 0. The molecule has 16 heavy (non-hydrogen) atoms. The van der Waals surface area contributed by atoms with Crippen molar-refractivity contribution in [1.29, 1.82) is 0 Å². The van der Waals surface area contributed by atoms with Gasteiger partial charge in [-0.15, -0.1) is 0 Å². The number of aromatic nitrogens is 4. The highest BCUT2D eigenvalue weighted by Crippen LogP contribution is 2.18. The molecule has 0 aliphatic carbocycles. The Bertz CT molecular complexity index is 519. The van der Waals surface area contributed by atoms with E-state index in [0.29, 0.717) is 5.65 Å². The van der Waals surface area contributed by atoms with Crippen LogP contribution in [-0.4, -0.2) is 33.0 Å². The number of hydrogen-bond donors (Lipinski definition) is 0. The second-order valence-electron chi connectivity index (χ2n) is 4.03. The summed E-state index contributed by atoms with van der Waals surface area (Å²) in [6.07, 6.45) is 5.79. The number of aryl methyl sites for hydroxylation is 1. The molecule has 3 heterocycles. The van der Waals surface area contributed by atoms with Crippen molar-refractivity contribution in [1.82, 2.24) is 19.9 Å². The van der Waals surface area contributed by atoms with Crippen LogP contribution in [0, 0.1) is 6.92 Å². The summed E-state index contributed by atoms with van der Waals surface area (Å²) < 4.78 is 0. The highest BCUT2D eigenvalue weighted by molar-refractivity contribution is 5.73. The fourth-order valence-corrected chi connectivity index (χ4v) is 2.05. The van der Waals surface area contributed by atoms with Gasteiger partial charge in [-0.25, -0.2) is 15.0 Å². The maximum absolute atomic E-state index is 4.50. The predicted octanol–water partition coefficient (Wildman–Crippen LogP) is 1.33. The summed E-state index contributed by atoms with van der Waals surface area (Å²) in [6, 6.07) is 0. The van der Waals surface area contributed by atoms with Crippen molar-refractivity contribution in [3.63, 3.8) is 0 Å². The minimum atomic E-state index is 0.692. The predicted molar refractivity (Wildman–Crippen MR) is 61.3 cm³/mol. The Labute approximate surface area is 93.6 Å². The van der Waals surface area contributed by atoms with Crippen molar-refractivity contribution in [3.05, 3.63) is 18.1 Å². The van der Waals surface area contributed by atoms with E-state index in [0.717, 1.165) is 30.2 Å². The van der Waals surface area contributed by atoms with Crippen molar-refractivity contribution < 1.29 is 0 Å². The SMILES string of the molecule is Cc1nc(N2CCCC2)nc2nccnc12. The molecule has 82 valence electrons. The third-order valence-corrected chi connectivity index (χ3v) is 2.88. The molecule has 0 amide bonds. The molecule has 0 aromatic carbocycles. The zero-order chi connectivity index (χ0) is 11.0. The van der Waals surface area contributed by atoms with Gasteiger partial charge in [-0.3, -0.25) is 0 Å². The maximum atomic E-state index is 4.50. The first-order chi connectivity index (χ1) is 7.84. The molecule has 0 saturated carbocycles. The van der Waals surface area contributed by atoms with Gasteiger partial charge in [0.1, 0.15) is 5.52 Å². The highest BCUT2D eigenvalue weighted by Gasteiger charge is 2.16. The van der Waals surface area contributed by atoms with E-state index in [9.17, 15) is 0 Å². The number of anilines is 1. The molecule has 0 unspecified atom stereocenters. The second kappa shape index (κ2) is 3.66. The molecule has 1 saturated heterocycles. The standard InChI is InChI=1S/C11H13N5/c1-8-9-10(13-5-4-12-9)15-11(14-8)16-6-2-3-7-16/h4-5H,2-3,6-7H2,1H3. The molecule has 1 aliphatic heterocycles. The Morgan fingerprint density at radius 1 is 1.06 bits per heavy atom. The van der Waals surface area contributed by atoms with E-state index in [2.05, 4.69) is 24.8 Å². The first-order valence-electron chi connectivity index (χ1n) is 5.55. The molecule has 0 N–H and O–H groups in total. The van der Waals surface area contributed by atoms with Gasteiger partial charge in [-0.2, -0.15) is 4.98 Å². The molecule has 2 aromatic rings. The Hall–Kier alpha value is -1.78. The molecule has 0 atom stereocenters. The second-order valence-corrected chi connectivity index (χ2v) is 4.03. The lowest BCUT2D eigenvalue weighted by Gasteiger charge is -2.15. The largest absolute Gasteiger partial charge is 0.341 e. The van der Waals surface area contributed by atoms with Crippen LogP contribution < -0.4 is 4.90 Å². The Morgan fingerprint density at radius 3 is 2.62 bits per heavy atom. The van der Waals surface area contributed by atoms with E-state index < -0.39 is 0 Å². The van der Waals surface area contributed by atoms with Gasteiger partial charge in [0.15, 0.2) is 5.65 Å². The van der Waals surface area contributed by atoms with E-state index in [4.69, 9.17) is 0 Å². The van der Waals surface area contributed by atoms with Crippen LogP contribution in [-0.2, 0) is 0 Å². The van der Waals surface area contributed by atoms with Crippen molar-refractivity contribution in [2.45, 2.75) is 19.8 Å². The molecule has 0 bridgehead atoms. The summed E-state index contributed by atoms with van der Waals surface area (Å²) >= 11 is 0. The molecule has 5 heteroatoms. The first-order valence-corrected chi connectivity index (χ1v) is 5.55. The molecule has 1 aliphatic rings. The van der Waals surface area contributed by atoms with Crippen molar-refractivity contribution in [2.75, 3.05) is 18.0 Å². The summed E-state index contributed by atoms with van der Waals surface area (Å²) in [4.78, 5) is 19.6. The van der Waals surface area contributed by atoms with Crippen molar-refractivity contribution in [3.8, 4) is 0 Å². The lowest BCUT2D eigenvalue weighted by atomic mass is 10.4. The fourth-order valence-electron chi connectivity index (χ4n) is 2.05. The van der Waals surface area contributed by atoms with Gasteiger partial charge in [0.2, 0.25) is 5.95 Å². The zero-order valence-corrected chi connectivity index (χ0v) is 9.22. The first kappa shape index (κ1) is 9.45. The van der Waals surface area contributed by atoms with Gasteiger partial charge >= 0.3 is 0 Å². The van der Waals surface area contributed by atoms with Crippen LogP contribution in [0.2, 0.25) is 0 Å². The monoisotopic (exact) mass is 215 g/mol. The average Bonchev–Trinajstić information content (AvgIpc) is 2.82. The van der Waals surface area contributed by atoms with Crippen LogP contribution in [0.1, 0.15) is 18.5 Å². The average molecular weight is 215 g/mol. The molecule has 1 fully saturated rings. The minimum Gasteiger partial charge on any atom is -0.341 e. The lowest BCUT2D eigenvalue weighted by Crippen LogP contribution is -2.21. The van der Waals surface area contributed by atoms with Crippen LogP contribution in [0.25, 0.3) is 11.2 Å². The third-order valence-electron chi connectivity index (χ3n) is 2.88. The molecular formula is C11H13N5. The summed E-state index contributed by atoms with van der Waals surface area (Å²) in [5.41, 5.74) is 2.39. The molecular weight excluding hydrogens is 202 g/mol. The van der Waals surface area contributed by atoms with E-state index in [1.165, 1.54) is 12.8 Å². The van der Waals surface area contributed by atoms with Gasteiger partial charge in [0.05, 0.1) is 5.69 Å². The summed E-state index contributed by atoms with van der Waals surface area (Å²) in [5.74, 6) is 0.794. The summed E-state index contributed by atoms with van der Waals surface area (Å²) in [6.45, 7) is 4.05. The topological polar surface area (TPSA) is 54.8 Å². The van der Waals surface area contributed by atoms with Crippen LogP contribution in [0.5, 0.6) is 0 Å². The van der Waals surface area contributed by atoms with Crippen LogP contribution in [0.15, 0.2) is 12.4 Å². The number of fused-ring (bicyclic) bond motifs is 1. The van der Waals surface area contributed by atoms with Crippen LogP contribution in [0.3, 0.4) is 0 Å². The molecule has 5 nitrogen and oxygen atoms in total. The van der Waals surface area contributed by atoms with E-state index in [1.807, 2.05) is 6.92 Å². The van der Waals surface area contributed by atoms with Crippen LogP contribution in [0.4, 0.5) is 5.95 Å². The number of nitrogens with zero attached hydrogens (tertiary/aromatic N) is 5. The zero-order valence-electron chi connectivity index (χ0n) is 9.22.